The van der Waals surface area contributed by atoms with Crippen LogP contribution in [0.15, 0.2) is 0 Å². The van der Waals surface area contributed by atoms with Gasteiger partial charge in [0.2, 0.25) is 0 Å². The molecular formula is C14H26N4O3+2. The van der Waals surface area contributed by atoms with Gasteiger partial charge >= 0.3 is 6.03 Å². The van der Waals surface area contributed by atoms with Crippen molar-refractivity contribution in [3.63, 3.8) is 0 Å². The van der Waals surface area contributed by atoms with E-state index in [2.05, 4.69) is 0 Å². The number of carbonyl (C=O) groups excluding carboxylic acids is 2. The quantitative estimate of drug-likeness (QED) is 0.456. The third-order valence-corrected chi connectivity index (χ3v) is 5.10. The van der Waals surface area contributed by atoms with Crippen LogP contribution in [0.5, 0.6) is 0 Å². The van der Waals surface area contributed by atoms with Gasteiger partial charge in [0.05, 0.1) is 19.7 Å². The second kappa shape index (κ2) is 6.29. The van der Waals surface area contributed by atoms with E-state index in [-0.39, 0.29) is 24.6 Å². The fourth-order valence-corrected chi connectivity index (χ4v) is 3.77. The number of aliphatic hydroxyl groups excluding tert-OH is 1. The summed E-state index contributed by atoms with van der Waals surface area (Å²) < 4.78 is 0. The van der Waals surface area contributed by atoms with Crippen LogP contribution in [0.2, 0.25) is 0 Å². The average molecular weight is 298 g/mol. The fraction of sp³-hybridized carbons (Fsp3) is 0.857. The van der Waals surface area contributed by atoms with Crippen molar-refractivity contribution in [2.75, 3.05) is 59.0 Å². The zero-order chi connectivity index (χ0) is 14.8. The highest BCUT2D eigenvalue weighted by molar-refractivity contribution is 6.04. The first-order valence-electron chi connectivity index (χ1n) is 8.10. The number of imide groups is 1. The topological polar surface area (TPSA) is 69.7 Å². The summed E-state index contributed by atoms with van der Waals surface area (Å²) in [4.78, 5) is 30.5. The summed E-state index contributed by atoms with van der Waals surface area (Å²) in [5.74, 6) is 0.0152. The van der Waals surface area contributed by atoms with Crippen molar-refractivity contribution in [3.8, 4) is 0 Å². The van der Waals surface area contributed by atoms with Crippen LogP contribution in [0.1, 0.15) is 12.8 Å². The van der Waals surface area contributed by atoms with Crippen LogP contribution in [0.25, 0.3) is 0 Å². The van der Waals surface area contributed by atoms with Crippen LogP contribution in [-0.2, 0) is 4.79 Å². The first-order valence-corrected chi connectivity index (χ1v) is 8.10. The van der Waals surface area contributed by atoms with Crippen LogP contribution >= 0.6 is 0 Å². The predicted molar refractivity (Wildman–Crippen MR) is 75.1 cm³/mol. The number of carbonyl (C=O) groups is 2. The van der Waals surface area contributed by atoms with Crippen LogP contribution in [-0.4, -0.2) is 91.9 Å². The molecule has 118 valence electrons. The van der Waals surface area contributed by atoms with Gasteiger partial charge in [-0.25, -0.2) is 4.79 Å². The molecule has 7 heteroatoms. The van der Waals surface area contributed by atoms with Gasteiger partial charge in [0.25, 0.3) is 5.91 Å². The number of quaternary nitrogens is 2. The second-order valence-electron chi connectivity index (χ2n) is 6.35. The average Bonchev–Trinajstić information content (AvgIpc) is 3.05. The number of piperazine rings is 1. The molecule has 0 bridgehead atoms. The zero-order valence-electron chi connectivity index (χ0n) is 12.5. The molecule has 3 fully saturated rings. The lowest BCUT2D eigenvalue weighted by Gasteiger charge is -2.30. The Balaban J connectivity index is 1.46. The summed E-state index contributed by atoms with van der Waals surface area (Å²) in [5.41, 5.74) is 0. The second-order valence-corrected chi connectivity index (χ2v) is 6.35. The molecule has 0 radical (unpaired) electrons. The molecule has 3 rings (SSSR count). The van der Waals surface area contributed by atoms with E-state index in [1.807, 2.05) is 0 Å². The summed E-state index contributed by atoms with van der Waals surface area (Å²) in [6.45, 7) is 7.45. The minimum absolute atomic E-state index is 0.0152. The van der Waals surface area contributed by atoms with Gasteiger partial charge < -0.3 is 19.8 Å². The van der Waals surface area contributed by atoms with Gasteiger partial charge in [0, 0.05) is 6.54 Å². The lowest BCUT2D eigenvalue weighted by molar-refractivity contribution is -1.01. The van der Waals surface area contributed by atoms with E-state index in [0.29, 0.717) is 6.54 Å². The van der Waals surface area contributed by atoms with Crippen molar-refractivity contribution in [2.45, 2.75) is 18.9 Å². The molecule has 3 heterocycles. The Hall–Kier alpha value is -1.18. The standard InChI is InChI=1S/C14H24N4O3/c19-11-10-16-6-4-15(5-7-16)8-9-18-13(20)12-2-1-3-17(12)14(18)21/h12,19H,1-11H2/p+2/t12-/m0/s1. The van der Waals surface area contributed by atoms with Crippen molar-refractivity contribution in [3.05, 3.63) is 0 Å². The molecule has 7 nitrogen and oxygen atoms in total. The highest BCUT2D eigenvalue weighted by atomic mass is 16.3. The Kier molecular flexibility index (Phi) is 4.42. The predicted octanol–water partition coefficient (Wildman–Crippen LogP) is -3.81. The van der Waals surface area contributed by atoms with Crippen molar-refractivity contribution in [1.29, 1.82) is 0 Å². The van der Waals surface area contributed by atoms with Gasteiger partial charge in [-0.2, -0.15) is 0 Å². The molecule has 3 aliphatic rings. The molecule has 0 aromatic heterocycles. The van der Waals surface area contributed by atoms with Crippen LogP contribution < -0.4 is 9.80 Å². The summed E-state index contributed by atoms with van der Waals surface area (Å²) >= 11 is 0. The van der Waals surface area contributed by atoms with E-state index in [9.17, 15) is 9.59 Å². The first kappa shape index (κ1) is 14.7. The van der Waals surface area contributed by atoms with Gasteiger partial charge in [0.15, 0.2) is 0 Å². The van der Waals surface area contributed by atoms with Crippen LogP contribution in [0.4, 0.5) is 4.79 Å². The molecule has 0 saturated carbocycles. The maximum atomic E-state index is 12.2. The summed E-state index contributed by atoms with van der Waals surface area (Å²) in [6.07, 6.45) is 1.79. The van der Waals surface area contributed by atoms with E-state index in [4.69, 9.17) is 5.11 Å². The molecule has 0 unspecified atom stereocenters. The Morgan fingerprint density at radius 3 is 2.38 bits per heavy atom. The number of nitrogens with one attached hydrogen (secondary N) is 2. The van der Waals surface area contributed by atoms with Crippen molar-refractivity contribution in [1.82, 2.24) is 9.80 Å². The Bertz CT molecular complexity index is 387. The largest absolute Gasteiger partial charge is 0.391 e. The molecular weight excluding hydrogens is 272 g/mol. The lowest BCUT2D eigenvalue weighted by Crippen LogP contribution is -3.28. The molecule has 21 heavy (non-hydrogen) atoms. The number of hydrogen-bond donors (Lipinski definition) is 3. The number of nitrogens with zero attached hydrogens (tertiary/aromatic N) is 2. The molecule has 0 aliphatic carbocycles. The van der Waals surface area contributed by atoms with Gasteiger partial charge in [-0.05, 0) is 12.8 Å². The number of fused-ring (bicyclic) bond motifs is 1. The normalized spacial score (nSPS) is 32.9. The maximum absolute atomic E-state index is 12.2. The molecule has 3 aliphatic heterocycles. The third kappa shape index (κ3) is 2.90. The summed E-state index contributed by atoms with van der Waals surface area (Å²) in [6, 6.07) is -0.246. The van der Waals surface area contributed by atoms with Gasteiger partial charge in [-0.15, -0.1) is 0 Å². The molecule has 3 saturated heterocycles. The molecule has 3 amide bonds. The lowest BCUT2D eigenvalue weighted by atomic mass is 10.2. The summed E-state index contributed by atoms with van der Waals surface area (Å²) in [5, 5.41) is 8.95. The van der Waals surface area contributed by atoms with E-state index >= 15 is 0 Å². The minimum atomic E-state index is -0.168. The van der Waals surface area contributed by atoms with Gasteiger partial charge in [-0.1, -0.05) is 0 Å². The minimum Gasteiger partial charge on any atom is -0.391 e. The monoisotopic (exact) mass is 298 g/mol. The SMILES string of the molecule is O=C1[C@@H]2CCCN2C(=O)N1CC[NH+]1CC[NH+](CCO)CC1. The van der Waals surface area contributed by atoms with Crippen molar-refractivity contribution < 1.29 is 24.5 Å². The molecule has 0 aromatic carbocycles. The Labute approximate surface area is 125 Å². The fourth-order valence-electron chi connectivity index (χ4n) is 3.77. The van der Waals surface area contributed by atoms with E-state index in [0.717, 1.165) is 58.7 Å². The van der Waals surface area contributed by atoms with Crippen molar-refractivity contribution >= 4 is 11.9 Å². The zero-order valence-corrected chi connectivity index (χ0v) is 12.5. The van der Waals surface area contributed by atoms with Crippen LogP contribution in [0.3, 0.4) is 0 Å². The maximum Gasteiger partial charge on any atom is 0.327 e. The smallest absolute Gasteiger partial charge is 0.327 e. The van der Waals surface area contributed by atoms with Gasteiger partial charge in [-0.3, -0.25) is 9.69 Å². The molecule has 1 atom stereocenters. The number of amides is 3. The number of aliphatic hydroxyl groups is 1. The molecule has 3 N–H and O–H groups in total. The number of rotatable bonds is 5. The highest BCUT2D eigenvalue weighted by Crippen LogP contribution is 2.26. The van der Waals surface area contributed by atoms with Gasteiger partial charge in [0.1, 0.15) is 38.8 Å². The third-order valence-electron chi connectivity index (χ3n) is 5.10. The Morgan fingerprint density at radius 2 is 1.76 bits per heavy atom. The molecule has 0 aromatic rings. The summed E-state index contributed by atoms with van der Waals surface area (Å²) in [7, 11) is 0. The Morgan fingerprint density at radius 1 is 1.10 bits per heavy atom. The van der Waals surface area contributed by atoms with E-state index in [1.54, 1.807) is 4.90 Å². The highest BCUT2D eigenvalue weighted by Gasteiger charge is 2.47. The van der Waals surface area contributed by atoms with E-state index in [1.165, 1.54) is 14.7 Å². The molecule has 0 spiro atoms. The first-order chi connectivity index (χ1) is 10.2. The van der Waals surface area contributed by atoms with E-state index < -0.39 is 0 Å². The number of urea groups is 1. The number of hydrogen-bond acceptors (Lipinski definition) is 3. The van der Waals surface area contributed by atoms with Crippen molar-refractivity contribution in [2.24, 2.45) is 0 Å². The van der Waals surface area contributed by atoms with Crippen LogP contribution in [0, 0.1) is 0 Å².